The maximum atomic E-state index is 6.92. The van der Waals surface area contributed by atoms with Crippen LogP contribution in [0.2, 0.25) is 0 Å². The summed E-state index contributed by atoms with van der Waals surface area (Å²) in [6, 6.07) is 0. The molecule has 0 saturated heterocycles. The van der Waals surface area contributed by atoms with E-state index < -0.39 is 0 Å². The van der Waals surface area contributed by atoms with Crippen molar-refractivity contribution in [3.63, 3.8) is 0 Å². The van der Waals surface area contributed by atoms with Crippen LogP contribution in [0.5, 0.6) is 0 Å². The molecule has 0 aromatic heterocycles. The van der Waals surface area contributed by atoms with E-state index in [1.54, 1.807) is 0 Å². The molecule has 54 valence electrons. The van der Waals surface area contributed by atoms with Crippen LogP contribution in [0, 0.1) is 5.92 Å². The lowest BCUT2D eigenvalue weighted by Gasteiger charge is -2.06. The molecule has 0 fully saturated rings. The molecule has 1 atom stereocenters. The molecule has 0 aliphatic heterocycles. The number of rotatable bonds is 5. The normalized spacial score (nSPS) is 13.7. The number of hydrogen-bond acceptors (Lipinski definition) is 0. The first-order valence-electron chi connectivity index (χ1n) is 3.60. The van der Waals surface area contributed by atoms with Crippen molar-refractivity contribution in [2.45, 2.75) is 26.2 Å². The van der Waals surface area contributed by atoms with Gasteiger partial charge in [0.2, 0.25) is 0 Å². The van der Waals surface area contributed by atoms with Gasteiger partial charge in [-0.05, 0) is 25.2 Å². The summed E-state index contributed by atoms with van der Waals surface area (Å²) in [5.74, 6) is 0.660. The van der Waals surface area contributed by atoms with Gasteiger partial charge in [0, 0.05) is 13.1 Å². The fraction of sp³-hybridized carbons (Fsp3) is 1.00. The van der Waals surface area contributed by atoms with Crippen LogP contribution >= 0.6 is 0 Å². The summed E-state index contributed by atoms with van der Waals surface area (Å²) in [5, 5.41) is 0. The highest BCUT2D eigenvalue weighted by atomic mass is 14.5. The molecule has 2 radical (unpaired) electrons. The van der Waals surface area contributed by atoms with E-state index in [1.807, 2.05) is 0 Å². The molecule has 0 heterocycles. The second kappa shape index (κ2) is 6.05. The summed E-state index contributed by atoms with van der Waals surface area (Å²) >= 11 is 0. The summed E-state index contributed by atoms with van der Waals surface area (Å²) in [5.41, 5.74) is 13.8. The molecule has 0 saturated carbocycles. The third-order valence-corrected chi connectivity index (χ3v) is 1.51. The molecule has 0 rings (SSSR count). The summed E-state index contributed by atoms with van der Waals surface area (Å²) in [4.78, 5) is 0. The standard InChI is InChI=1S/C7H16N2/c1-7(4-6-9)3-2-5-8/h7-9H,2-6H2,1H3. The Morgan fingerprint density at radius 2 is 1.78 bits per heavy atom. The first kappa shape index (κ1) is 8.92. The van der Waals surface area contributed by atoms with Gasteiger partial charge in [-0.1, -0.05) is 6.92 Å². The molecule has 0 aliphatic carbocycles. The third-order valence-electron chi connectivity index (χ3n) is 1.51. The predicted octanol–water partition coefficient (Wildman–Crippen LogP) is 1.36. The van der Waals surface area contributed by atoms with Crippen LogP contribution in [-0.4, -0.2) is 13.1 Å². The molecule has 0 spiro atoms. The molecule has 1 unspecified atom stereocenters. The second-order valence-corrected chi connectivity index (χ2v) is 2.54. The van der Waals surface area contributed by atoms with E-state index >= 15 is 0 Å². The van der Waals surface area contributed by atoms with Crippen LogP contribution in [0.1, 0.15) is 26.2 Å². The van der Waals surface area contributed by atoms with Gasteiger partial charge in [-0.3, -0.25) is 11.5 Å². The Morgan fingerprint density at radius 3 is 2.22 bits per heavy atom. The first-order valence-corrected chi connectivity index (χ1v) is 3.60. The van der Waals surface area contributed by atoms with Crippen molar-refractivity contribution in [3.05, 3.63) is 0 Å². The fourth-order valence-electron chi connectivity index (χ4n) is 0.841. The Balaban J connectivity index is 2.95. The van der Waals surface area contributed by atoms with Crippen LogP contribution in [0.15, 0.2) is 0 Å². The minimum Gasteiger partial charge on any atom is -0.258 e. The molecule has 2 heteroatoms. The number of nitrogens with one attached hydrogen (secondary N) is 2. The Bertz CT molecular complexity index is 54.9. The Morgan fingerprint density at radius 1 is 1.11 bits per heavy atom. The van der Waals surface area contributed by atoms with Gasteiger partial charge < -0.3 is 0 Å². The highest BCUT2D eigenvalue weighted by molar-refractivity contribution is 4.53. The maximum absolute atomic E-state index is 6.92. The average molecular weight is 128 g/mol. The zero-order valence-corrected chi connectivity index (χ0v) is 6.11. The van der Waals surface area contributed by atoms with E-state index in [0.29, 0.717) is 19.0 Å². The van der Waals surface area contributed by atoms with Gasteiger partial charge in [0.05, 0.1) is 0 Å². The molecular weight excluding hydrogens is 112 g/mol. The highest BCUT2D eigenvalue weighted by Gasteiger charge is 1.98. The van der Waals surface area contributed by atoms with Gasteiger partial charge >= 0.3 is 0 Å². The lowest BCUT2D eigenvalue weighted by atomic mass is 10.0. The second-order valence-electron chi connectivity index (χ2n) is 2.54. The van der Waals surface area contributed by atoms with Gasteiger partial charge in [-0.25, -0.2) is 0 Å². The zero-order chi connectivity index (χ0) is 7.11. The largest absolute Gasteiger partial charge is 0.258 e. The van der Waals surface area contributed by atoms with E-state index in [0.717, 1.165) is 19.3 Å². The van der Waals surface area contributed by atoms with Gasteiger partial charge in [-0.2, -0.15) is 0 Å². The quantitative estimate of drug-likeness (QED) is 0.536. The third kappa shape index (κ3) is 5.80. The lowest BCUT2D eigenvalue weighted by Crippen LogP contribution is -2.00. The predicted molar refractivity (Wildman–Crippen MR) is 38.9 cm³/mol. The van der Waals surface area contributed by atoms with Crippen molar-refractivity contribution in [3.8, 4) is 0 Å². The smallest absolute Gasteiger partial charge is 0.0102 e. The highest BCUT2D eigenvalue weighted by Crippen LogP contribution is 2.07. The van der Waals surface area contributed by atoms with Crippen LogP contribution in [0.4, 0.5) is 0 Å². The molecule has 0 aromatic rings. The molecular formula is C7H16N2. The fourth-order valence-corrected chi connectivity index (χ4v) is 0.841. The van der Waals surface area contributed by atoms with Crippen LogP contribution in [0.3, 0.4) is 0 Å². The lowest BCUT2D eigenvalue weighted by molar-refractivity contribution is 0.481. The topological polar surface area (TPSA) is 47.6 Å². The van der Waals surface area contributed by atoms with Crippen LogP contribution < -0.4 is 11.5 Å². The van der Waals surface area contributed by atoms with E-state index in [1.165, 1.54) is 0 Å². The van der Waals surface area contributed by atoms with Gasteiger partial charge in [0.1, 0.15) is 0 Å². The van der Waals surface area contributed by atoms with Gasteiger partial charge in [0.15, 0.2) is 0 Å². The summed E-state index contributed by atoms with van der Waals surface area (Å²) in [7, 11) is 0. The molecule has 0 bridgehead atoms. The maximum Gasteiger partial charge on any atom is 0.0102 e. The minimum atomic E-state index is 0.541. The van der Waals surface area contributed by atoms with Crippen molar-refractivity contribution >= 4 is 0 Å². The SMILES string of the molecule is CC(CC[NH])CCC[NH]. The Hall–Kier alpha value is -0.0800. The first-order chi connectivity index (χ1) is 4.31. The molecule has 0 aromatic carbocycles. The van der Waals surface area contributed by atoms with E-state index in [2.05, 4.69) is 6.92 Å². The van der Waals surface area contributed by atoms with Crippen molar-refractivity contribution < 1.29 is 0 Å². The van der Waals surface area contributed by atoms with Crippen molar-refractivity contribution in [1.29, 1.82) is 0 Å². The van der Waals surface area contributed by atoms with E-state index in [-0.39, 0.29) is 0 Å². The summed E-state index contributed by atoms with van der Waals surface area (Å²) in [6.07, 6.45) is 3.13. The van der Waals surface area contributed by atoms with Crippen LogP contribution in [0.25, 0.3) is 0 Å². The average Bonchev–Trinajstić information content (AvgIpc) is 1.85. The molecule has 2 nitrogen and oxygen atoms in total. The van der Waals surface area contributed by atoms with Crippen molar-refractivity contribution in [2.24, 2.45) is 5.92 Å². The monoisotopic (exact) mass is 128 g/mol. The van der Waals surface area contributed by atoms with Crippen molar-refractivity contribution in [1.82, 2.24) is 11.5 Å². The molecule has 2 N–H and O–H groups in total. The van der Waals surface area contributed by atoms with Crippen molar-refractivity contribution in [2.75, 3.05) is 13.1 Å². The molecule has 0 amide bonds. The Kier molecular flexibility index (Phi) is 5.99. The molecule has 9 heavy (non-hydrogen) atoms. The van der Waals surface area contributed by atoms with Gasteiger partial charge in [0.25, 0.3) is 0 Å². The summed E-state index contributed by atoms with van der Waals surface area (Å²) < 4.78 is 0. The zero-order valence-electron chi connectivity index (χ0n) is 6.11. The Labute approximate surface area is 57.6 Å². The van der Waals surface area contributed by atoms with E-state index in [9.17, 15) is 0 Å². The summed E-state index contributed by atoms with van der Waals surface area (Å²) in [6.45, 7) is 3.24. The molecule has 0 aliphatic rings. The minimum absolute atomic E-state index is 0.541. The number of hydrogen-bond donors (Lipinski definition) is 0. The van der Waals surface area contributed by atoms with Crippen LogP contribution in [-0.2, 0) is 0 Å². The van der Waals surface area contributed by atoms with E-state index in [4.69, 9.17) is 11.5 Å². The van der Waals surface area contributed by atoms with Gasteiger partial charge in [-0.15, -0.1) is 0 Å².